The van der Waals surface area contributed by atoms with Gasteiger partial charge in [-0.25, -0.2) is 9.42 Å². The summed E-state index contributed by atoms with van der Waals surface area (Å²) in [6, 6.07) is 10.3. The molecule has 0 atom stereocenters. The van der Waals surface area contributed by atoms with Crippen LogP contribution in [0, 0.1) is 6.92 Å². The molecule has 0 bridgehead atoms. The van der Waals surface area contributed by atoms with Gasteiger partial charge in [-0.15, -0.1) is 0 Å². The zero-order valence-corrected chi connectivity index (χ0v) is 10.6. The number of aromatic nitrogens is 2. The number of aryl methyl sites for hydroxylation is 1. The summed E-state index contributed by atoms with van der Waals surface area (Å²) in [5.74, 6) is -0.949. The first-order chi connectivity index (χ1) is 9.65. The number of nitrogens with zero attached hydrogens (tertiary/aromatic N) is 2. The molecule has 0 aliphatic carbocycles. The van der Waals surface area contributed by atoms with Crippen LogP contribution in [0.5, 0.6) is 0 Å². The summed E-state index contributed by atoms with van der Waals surface area (Å²) in [5.41, 5.74) is 4.10. The highest BCUT2D eigenvalue weighted by Gasteiger charge is 2.10. The Labute approximate surface area is 114 Å². The maximum absolute atomic E-state index is 10.8. The highest BCUT2D eigenvalue weighted by molar-refractivity contribution is 5.92. The van der Waals surface area contributed by atoms with Gasteiger partial charge in [0.05, 0.1) is 11.3 Å². The van der Waals surface area contributed by atoms with Gasteiger partial charge in [0.1, 0.15) is 5.52 Å². The quantitative estimate of drug-likeness (QED) is 0.760. The summed E-state index contributed by atoms with van der Waals surface area (Å²) in [4.78, 5) is 10.8. The van der Waals surface area contributed by atoms with Gasteiger partial charge in [0.15, 0.2) is 5.52 Å². The molecule has 0 radical (unpaired) electrons. The van der Waals surface area contributed by atoms with E-state index in [0.717, 1.165) is 16.9 Å². The molecule has 0 aliphatic heterocycles. The minimum Gasteiger partial charge on any atom is -0.478 e. The summed E-state index contributed by atoms with van der Waals surface area (Å²) in [6.45, 7) is 1.93. The van der Waals surface area contributed by atoms with Crippen LogP contribution in [0.4, 0.5) is 11.4 Å². The number of hydrogen-bond donors (Lipinski definition) is 2. The normalized spacial score (nSPS) is 10.7. The maximum atomic E-state index is 10.8. The fraction of sp³-hybridized carbons (Fsp3) is 0.0714. The molecular formula is C14H11N3O3. The van der Waals surface area contributed by atoms with Crippen LogP contribution >= 0.6 is 0 Å². The molecule has 0 amide bonds. The first-order valence-corrected chi connectivity index (χ1v) is 5.97. The van der Waals surface area contributed by atoms with Crippen LogP contribution in [0.1, 0.15) is 15.9 Å². The fourth-order valence-corrected chi connectivity index (χ4v) is 1.94. The third-order valence-electron chi connectivity index (χ3n) is 3.03. The Morgan fingerprint density at radius 2 is 1.80 bits per heavy atom. The molecule has 3 aromatic rings. The molecule has 0 saturated carbocycles. The van der Waals surface area contributed by atoms with E-state index in [2.05, 4.69) is 15.6 Å². The molecule has 0 aliphatic rings. The second-order valence-corrected chi connectivity index (χ2v) is 4.40. The number of rotatable bonds is 3. The van der Waals surface area contributed by atoms with Gasteiger partial charge in [0, 0.05) is 5.69 Å². The standard InChI is InChI=1S/C14H11N3O3/c1-8-2-7-11(13-12(8)16-20-17-13)15-10-5-3-9(4-6-10)14(18)19/h2-7,15H,1H3,(H,18,19). The molecule has 1 heterocycles. The lowest BCUT2D eigenvalue weighted by Crippen LogP contribution is -1.97. The van der Waals surface area contributed by atoms with Crippen molar-refractivity contribution >= 4 is 28.4 Å². The van der Waals surface area contributed by atoms with E-state index in [9.17, 15) is 4.79 Å². The van der Waals surface area contributed by atoms with Crippen LogP contribution in [-0.2, 0) is 0 Å². The van der Waals surface area contributed by atoms with Crippen molar-refractivity contribution in [3.8, 4) is 0 Å². The number of nitrogens with one attached hydrogen (secondary N) is 1. The van der Waals surface area contributed by atoms with Crippen LogP contribution in [0.25, 0.3) is 11.0 Å². The van der Waals surface area contributed by atoms with Crippen LogP contribution in [0.3, 0.4) is 0 Å². The van der Waals surface area contributed by atoms with Crippen molar-refractivity contribution in [2.75, 3.05) is 5.32 Å². The van der Waals surface area contributed by atoms with Gasteiger partial charge >= 0.3 is 5.97 Å². The second kappa shape index (κ2) is 4.65. The predicted octanol–water partition coefficient (Wildman–Crippen LogP) is 2.97. The zero-order valence-electron chi connectivity index (χ0n) is 10.6. The van der Waals surface area contributed by atoms with Crippen molar-refractivity contribution in [3.63, 3.8) is 0 Å². The first-order valence-electron chi connectivity index (χ1n) is 5.97. The number of anilines is 2. The van der Waals surface area contributed by atoms with Crippen molar-refractivity contribution < 1.29 is 14.5 Å². The summed E-state index contributed by atoms with van der Waals surface area (Å²) < 4.78 is 4.76. The Hall–Kier alpha value is -2.89. The van der Waals surface area contributed by atoms with Gasteiger partial charge in [-0.05, 0) is 53.1 Å². The number of carbonyl (C=O) groups is 1. The van der Waals surface area contributed by atoms with E-state index < -0.39 is 5.97 Å². The van der Waals surface area contributed by atoms with Crippen molar-refractivity contribution in [2.24, 2.45) is 0 Å². The minimum atomic E-state index is -0.949. The molecule has 3 rings (SSSR count). The topological polar surface area (TPSA) is 88.2 Å². The molecule has 6 heteroatoms. The minimum absolute atomic E-state index is 0.243. The molecule has 6 nitrogen and oxygen atoms in total. The van der Waals surface area contributed by atoms with Gasteiger partial charge in [-0.2, -0.15) is 0 Å². The number of benzene rings is 2. The number of fused-ring (bicyclic) bond motifs is 1. The van der Waals surface area contributed by atoms with Crippen LogP contribution in [0.15, 0.2) is 41.0 Å². The molecule has 0 fully saturated rings. The molecule has 0 spiro atoms. The average molecular weight is 269 g/mol. The lowest BCUT2D eigenvalue weighted by Gasteiger charge is -2.07. The molecule has 0 unspecified atom stereocenters. The van der Waals surface area contributed by atoms with Gasteiger partial charge < -0.3 is 10.4 Å². The SMILES string of the molecule is Cc1ccc(Nc2ccc(C(=O)O)cc2)c2nonc12. The van der Waals surface area contributed by atoms with Crippen LogP contribution in [0.2, 0.25) is 0 Å². The lowest BCUT2D eigenvalue weighted by molar-refractivity contribution is 0.0697. The van der Waals surface area contributed by atoms with Gasteiger partial charge in [-0.1, -0.05) is 6.07 Å². The third-order valence-corrected chi connectivity index (χ3v) is 3.03. The van der Waals surface area contributed by atoms with Crippen molar-refractivity contribution in [2.45, 2.75) is 6.92 Å². The van der Waals surface area contributed by atoms with Crippen molar-refractivity contribution in [1.82, 2.24) is 10.3 Å². The first kappa shape index (κ1) is 12.2. The summed E-state index contributed by atoms with van der Waals surface area (Å²) in [5, 5.41) is 19.8. The van der Waals surface area contributed by atoms with Gasteiger partial charge in [0.25, 0.3) is 0 Å². The largest absolute Gasteiger partial charge is 0.478 e. The molecule has 100 valence electrons. The van der Waals surface area contributed by atoms with E-state index >= 15 is 0 Å². The molecular weight excluding hydrogens is 258 g/mol. The lowest BCUT2D eigenvalue weighted by atomic mass is 10.1. The van der Waals surface area contributed by atoms with Gasteiger partial charge in [-0.3, -0.25) is 0 Å². The van der Waals surface area contributed by atoms with Crippen molar-refractivity contribution in [3.05, 3.63) is 47.5 Å². The Balaban J connectivity index is 1.95. The summed E-state index contributed by atoms with van der Waals surface area (Å²) >= 11 is 0. The van der Waals surface area contributed by atoms with Crippen molar-refractivity contribution in [1.29, 1.82) is 0 Å². The van der Waals surface area contributed by atoms with E-state index in [1.807, 2.05) is 19.1 Å². The number of carboxylic acids is 1. The van der Waals surface area contributed by atoms with E-state index in [0.29, 0.717) is 11.0 Å². The second-order valence-electron chi connectivity index (χ2n) is 4.40. The van der Waals surface area contributed by atoms with E-state index in [-0.39, 0.29) is 5.56 Å². The molecule has 1 aromatic heterocycles. The monoisotopic (exact) mass is 269 g/mol. The van der Waals surface area contributed by atoms with E-state index in [1.165, 1.54) is 12.1 Å². The Morgan fingerprint density at radius 1 is 1.10 bits per heavy atom. The molecule has 2 aromatic carbocycles. The molecule has 20 heavy (non-hydrogen) atoms. The van der Waals surface area contributed by atoms with Crippen LogP contribution in [-0.4, -0.2) is 21.4 Å². The summed E-state index contributed by atoms with van der Waals surface area (Å²) in [7, 11) is 0. The maximum Gasteiger partial charge on any atom is 0.335 e. The Bertz CT molecular complexity index is 778. The molecule has 2 N–H and O–H groups in total. The molecule has 0 saturated heterocycles. The predicted molar refractivity (Wildman–Crippen MR) is 73.2 cm³/mol. The summed E-state index contributed by atoms with van der Waals surface area (Å²) in [6.07, 6.45) is 0. The van der Waals surface area contributed by atoms with Gasteiger partial charge in [0.2, 0.25) is 0 Å². The Morgan fingerprint density at radius 3 is 2.50 bits per heavy atom. The Kier molecular flexibility index (Phi) is 2.83. The number of aromatic carboxylic acids is 1. The highest BCUT2D eigenvalue weighted by atomic mass is 16.6. The van der Waals surface area contributed by atoms with E-state index in [1.54, 1.807) is 12.1 Å². The van der Waals surface area contributed by atoms with Crippen LogP contribution < -0.4 is 5.32 Å². The number of carboxylic acid groups (broad SMARTS) is 1. The average Bonchev–Trinajstić information content (AvgIpc) is 2.93. The fourth-order valence-electron chi connectivity index (χ4n) is 1.94. The smallest absolute Gasteiger partial charge is 0.335 e. The van der Waals surface area contributed by atoms with E-state index in [4.69, 9.17) is 9.74 Å². The highest BCUT2D eigenvalue weighted by Crippen LogP contribution is 2.26. The number of hydrogen-bond acceptors (Lipinski definition) is 5. The zero-order chi connectivity index (χ0) is 14.1. The third kappa shape index (κ3) is 2.07.